The van der Waals surface area contributed by atoms with E-state index in [1.165, 1.54) is 0 Å². The summed E-state index contributed by atoms with van der Waals surface area (Å²) in [4.78, 5) is 25.6. The van der Waals surface area contributed by atoms with E-state index < -0.39 is 17.9 Å². The molecule has 2 aromatic carbocycles. The van der Waals surface area contributed by atoms with Gasteiger partial charge in [-0.2, -0.15) is 0 Å². The van der Waals surface area contributed by atoms with Crippen molar-refractivity contribution in [2.45, 2.75) is 12.5 Å². The molecule has 1 aliphatic heterocycles. The van der Waals surface area contributed by atoms with Crippen molar-refractivity contribution in [1.82, 2.24) is 10.2 Å². The number of methoxy groups -OCH3 is 2. The molecule has 28 heavy (non-hydrogen) atoms. The molecule has 1 aliphatic rings. The molecule has 0 radical (unpaired) electrons. The maximum atomic E-state index is 12.8. The molecule has 2 N–H and O–H groups in total. The second-order valence-electron chi connectivity index (χ2n) is 6.71. The highest BCUT2D eigenvalue weighted by Gasteiger charge is 2.32. The topological polar surface area (TPSA) is 88.1 Å². The molecular formula is C21H24N2O5. The number of nitrogens with one attached hydrogen (secondary N) is 1. The summed E-state index contributed by atoms with van der Waals surface area (Å²) in [6.45, 7) is 0.635. The van der Waals surface area contributed by atoms with Gasteiger partial charge >= 0.3 is 12.0 Å². The molecule has 1 atom stereocenters. The zero-order valence-corrected chi connectivity index (χ0v) is 15.9. The predicted molar refractivity (Wildman–Crippen MR) is 104 cm³/mol. The van der Waals surface area contributed by atoms with Gasteiger partial charge < -0.3 is 24.8 Å². The van der Waals surface area contributed by atoms with Gasteiger partial charge in [-0.05, 0) is 41.8 Å². The summed E-state index contributed by atoms with van der Waals surface area (Å²) in [7, 11) is 3.18. The van der Waals surface area contributed by atoms with Crippen molar-refractivity contribution < 1.29 is 24.2 Å². The van der Waals surface area contributed by atoms with Crippen molar-refractivity contribution >= 4 is 12.0 Å². The number of nitrogens with zero attached hydrogens (tertiary/aromatic N) is 1. The van der Waals surface area contributed by atoms with Crippen molar-refractivity contribution in [3.05, 3.63) is 59.7 Å². The van der Waals surface area contributed by atoms with Crippen molar-refractivity contribution in [3.63, 3.8) is 0 Å². The first-order chi connectivity index (χ1) is 13.5. The normalized spacial score (nSPS) is 16.1. The zero-order chi connectivity index (χ0) is 20.1. The lowest BCUT2D eigenvalue weighted by atomic mass is 9.98. The van der Waals surface area contributed by atoms with Gasteiger partial charge in [0.1, 0.15) is 11.5 Å². The van der Waals surface area contributed by atoms with Gasteiger partial charge in [-0.15, -0.1) is 0 Å². The fourth-order valence-corrected chi connectivity index (χ4v) is 3.36. The van der Waals surface area contributed by atoms with E-state index in [1.54, 1.807) is 19.1 Å². The summed E-state index contributed by atoms with van der Waals surface area (Å²) in [6, 6.07) is 14.3. The summed E-state index contributed by atoms with van der Waals surface area (Å²) in [5.74, 6) is -0.0104. The summed E-state index contributed by atoms with van der Waals surface area (Å²) in [5.41, 5.74) is 1.71. The minimum atomic E-state index is -0.868. The lowest BCUT2D eigenvalue weighted by Gasteiger charge is -2.24. The van der Waals surface area contributed by atoms with Gasteiger partial charge in [0.2, 0.25) is 0 Å². The third-order valence-corrected chi connectivity index (χ3v) is 4.95. The van der Waals surface area contributed by atoms with E-state index >= 15 is 0 Å². The van der Waals surface area contributed by atoms with E-state index in [1.807, 2.05) is 48.5 Å². The Morgan fingerprint density at radius 3 is 2.11 bits per heavy atom. The number of likely N-dealkylation sites (tertiary alicyclic amines) is 1. The first-order valence-corrected chi connectivity index (χ1v) is 9.08. The van der Waals surface area contributed by atoms with Crippen molar-refractivity contribution in [2.75, 3.05) is 27.3 Å². The van der Waals surface area contributed by atoms with Gasteiger partial charge in [-0.1, -0.05) is 24.3 Å². The minimum absolute atomic E-state index is 0.212. The Hall–Kier alpha value is -3.22. The number of carbonyl (C=O) groups excluding carboxylic acids is 1. The molecule has 1 unspecified atom stereocenters. The van der Waals surface area contributed by atoms with E-state index in [9.17, 15) is 14.7 Å². The predicted octanol–water partition coefficient (Wildman–Crippen LogP) is 2.91. The smallest absolute Gasteiger partial charge is 0.318 e. The molecule has 148 valence electrons. The average molecular weight is 384 g/mol. The third-order valence-electron chi connectivity index (χ3n) is 4.95. The van der Waals surface area contributed by atoms with E-state index in [0.29, 0.717) is 24.5 Å². The Morgan fingerprint density at radius 2 is 1.64 bits per heavy atom. The molecule has 0 aliphatic carbocycles. The average Bonchev–Trinajstić information content (AvgIpc) is 3.22. The van der Waals surface area contributed by atoms with Crippen molar-refractivity contribution in [1.29, 1.82) is 0 Å². The Morgan fingerprint density at radius 1 is 1.07 bits per heavy atom. The van der Waals surface area contributed by atoms with Crippen LogP contribution in [-0.4, -0.2) is 49.3 Å². The maximum absolute atomic E-state index is 12.8. The number of amides is 2. The molecule has 7 nitrogen and oxygen atoms in total. The van der Waals surface area contributed by atoms with Crippen LogP contribution >= 0.6 is 0 Å². The van der Waals surface area contributed by atoms with Crippen LogP contribution in [0.15, 0.2) is 48.5 Å². The minimum Gasteiger partial charge on any atom is -0.497 e. The molecule has 0 aromatic heterocycles. The Bertz CT molecular complexity index is 807. The molecule has 2 aromatic rings. The SMILES string of the molecule is COc1cccc(C(NC(=O)N2CCC(C(=O)O)C2)c2cccc(OC)c2)c1. The molecule has 0 saturated carbocycles. The van der Waals surface area contributed by atoms with Gasteiger partial charge in [0.05, 0.1) is 26.2 Å². The van der Waals surface area contributed by atoms with E-state index in [0.717, 1.165) is 11.1 Å². The first kappa shape index (κ1) is 19.5. The van der Waals surface area contributed by atoms with Crippen LogP contribution < -0.4 is 14.8 Å². The van der Waals surface area contributed by atoms with Crippen LogP contribution in [0.3, 0.4) is 0 Å². The molecular weight excluding hydrogens is 360 g/mol. The molecule has 3 rings (SSSR count). The van der Waals surface area contributed by atoms with Gasteiger partial charge in [-0.25, -0.2) is 4.79 Å². The second-order valence-corrected chi connectivity index (χ2v) is 6.71. The van der Waals surface area contributed by atoms with Crippen LogP contribution in [0.1, 0.15) is 23.6 Å². The Labute approximate surface area is 163 Å². The highest BCUT2D eigenvalue weighted by Crippen LogP contribution is 2.28. The van der Waals surface area contributed by atoms with Crippen LogP contribution in [-0.2, 0) is 4.79 Å². The largest absolute Gasteiger partial charge is 0.497 e. The summed E-state index contributed by atoms with van der Waals surface area (Å²) in [6.07, 6.45) is 0.464. The Balaban J connectivity index is 1.87. The fourth-order valence-electron chi connectivity index (χ4n) is 3.36. The lowest BCUT2D eigenvalue weighted by Crippen LogP contribution is -2.41. The van der Waals surface area contributed by atoms with Gasteiger partial charge in [0.15, 0.2) is 0 Å². The number of carbonyl (C=O) groups is 2. The molecule has 2 amide bonds. The number of hydrogen-bond acceptors (Lipinski definition) is 4. The monoisotopic (exact) mass is 384 g/mol. The number of urea groups is 1. The van der Waals surface area contributed by atoms with Gasteiger partial charge in [0.25, 0.3) is 0 Å². The molecule has 1 heterocycles. The van der Waals surface area contributed by atoms with E-state index in [4.69, 9.17) is 9.47 Å². The number of hydrogen-bond donors (Lipinski definition) is 2. The van der Waals surface area contributed by atoms with Crippen molar-refractivity contribution in [3.8, 4) is 11.5 Å². The molecule has 0 bridgehead atoms. The van der Waals surface area contributed by atoms with Crippen LogP contribution in [0, 0.1) is 5.92 Å². The summed E-state index contributed by atoms with van der Waals surface area (Å²) in [5, 5.41) is 12.2. The maximum Gasteiger partial charge on any atom is 0.318 e. The molecule has 1 fully saturated rings. The number of aliphatic carboxylic acids is 1. The molecule has 0 spiro atoms. The van der Waals surface area contributed by atoms with E-state index in [-0.39, 0.29) is 12.6 Å². The number of carboxylic acids is 1. The van der Waals surface area contributed by atoms with Crippen molar-refractivity contribution in [2.24, 2.45) is 5.92 Å². The fraction of sp³-hybridized carbons (Fsp3) is 0.333. The van der Waals surface area contributed by atoms with Crippen LogP contribution in [0.25, 0.3) is 0 Å². The number of benzene rings is 2. The highest BCUT2D eigenvalue weighted by molar-refractivity contribution is 5.78. The standard InChI is InChI=1S/C21H24N2O5/c1-27-17-7-3-5-14(11-17)19(15-6-4-8-18(12-15)28-2)22-21(26)23-10-9-16(13-23)20(24)25/h3-8,11-12,16,19H,9-10,13H2,1-2H3,(H,22,26)(H,24,25). The molecule has 1 saturated heterocycles. The number of carboxylic acid groups (broad SMARTS) is 1. The molecule has 7 heteroatoms. The highest BCUT2D eigenvalue weighted by atomic mass is 16.5. The van der Waals surface area contributed by atoms with Crippen LogP contribution in [0.4, 0.5) is 4.79 Å². The lowest BCUT2D eigenvalue weighted by molar-refractivity contribution is -0.141. The van der Waals surface area contributed by atoms with Gasteiger partial charge in [0, 0.05) is 13.1 Å². The van der Waals surface area contributed by atoms with E-state index in [2.05, 4.69) is 5.32 Å². The third kappa shape index (κ3) is 4.36. The zero-order valence-electron chi connectivity index (χ0n) is 15.9. The Kier molecular flexibility index (Phi) is 6.03. The summed E-state index contributed by atoms with van der Waals surface area (Å²) >= 11 is 0. The number of rotatable bonds is 6. The van der Waals surface area contributed by atoms with Gasteiger partial charge in [-0.3, -0.25) is 4.79 Å². The first-order valence-electron chi connectivity index (χ1n) is 9.08. The quantitative estimate of drug-likeness (QED) is 0.800. The summed E-state index contributed by atoms with van der Waals surface area (Å²) < 4.78 is 10.6. The van der Waals surface area contributed by atoms with Crippen LogP contribution in [0.2, 0.25) is 0 Å². The van der Waals surface area contributed by atoms with Crippen LogP contribution in [0.5, 0.6) is 11.5 Å². The second kappa shape index (κ2) is 8.65. The number of ether oxygens (including phenoxy) is 2.